The summed E-state index contributed by atoms with van der Waals surface area (Å²) in [6.45, 7) is 6.96. The molecule has 108 valence electrons. The molecule has 0 aliphatic heterocycles. The molecule has 1 aromatic heterocycles. The Morgan fingerprint density at radius 2 is 2.15 bits per heavy atom. The molecule has 1 N–H and O–H groups in total. The predicted molar refractivity (Wildman–Crippen MR) is 86.7 cm³/mol. The van der Waals surface area contributed by atoms with Gasteiger partial charge >= 0.3 is 0 Å². The summed E-state index contributed by atoms with van der Waals surface area (Å²) in [5.41, 5.74) is 3.82. The Kier molecular flexibility index (Phi) is 6.09. The van der Waals surface area contributed by atoms with Crippen LogP contribution in [0.4, 0.5) is 0 Å². The van der Waals surface area contributed by atoms with Crippen molar-refractivity contribution in [3.05, 3.63) is 51.7 Å². The molecule has 0 radical (unpaired) electrons. The van der Waals surface area contributed by atoms with Crippen molar-refractivity contribution < 1.29 is 4.74 Å². The van der Waals surface area contributed by atoms with Gasteiger partial charge in [0.15, 0.2) is 0 Å². The number of ether oxygens (including phenoxy) is 1. The lowest BCUT2D eigenvalue weighted by atomic mass is 10.1. The minimum atomic E-state index is 0.738. The molecule has 3 heteroatoms. The number of rotatable bonds is 8. The van der Waals surface area contributed by atoms with E-state index >= 15 is 0 Å². The number of hydrogen-bond acceptors (Lipinski definition) is 3. The molecule has 0 unspecified atom stereocenters. The Morgan fingerprint density at radius 3 is 2.90 bits per heavy atom. The molecule has 0 amide bonds. The molecule has 0 saturated heterocycles. The quantitative estimate of drug-likeness (QED) is 0.736. The lowest BCUT2D eigenvalue weighted by Crippen LogP contribution is -2.15. The van der Waals surface area contributed by atoms with Crippen LogP contribution >= 0.6 is 11.3 Å². The fourth-order valence-corrected chi connectivity index (χ4v) is 2.87. The molecule has 2 rings (SSSR count). The summed E-state index contributed by atoms with van der Waals surface area (Å²) in [7, 11) is 0. The molecule has 0 fully saturated rings. The van der Waals surface area contributed by atoms with E-state index in [0.717, 1.165) is 38.3 Å². The first-order valence-corrected chi connectivity index (χ1v) is 8.18. The van der Waals surface area contributed by atoms with Crippen molar-refractivity contribution in [3.8, 4) is 5.75 Å². The lowest BCUT2D eigenvalue weighted by molar-refractivity contribution is 0.315. The molecule has 0 aliphatic rings. The average Bonchev–Trinajstić information content (AvgIpc) is 2.95. The molecule has 2 aromatic rings. The van der Waals surface area contributed by atoms with Crippen LogP contribution in [0.5, 0.6) is 5.75 Å². The number of aryl methyl sites for hydroxylation is 1. The second kappa shape index (κ2) is 8.08. The topological polar surface area (TPSA) is 21.3 Å². The monoisotopic (exact) mass is 289 g/mol. The summed E-state index contributed by atoms with van der Waals surface area (Å²) in [6.07, 6.45) is 2.12. The van der Waals surface area contributed by atoms with Gasteiger partial charge in [-0.05, 0) is 47.8 Å². The summed E-state index contributed by atoms with van der Waals surface area (Å²) in [6, 6.07) is 8.53. The van der Waals surface area contributed by atoms with Gasteiger partial charge < -0.3 is 10.1 Å². The Labute approximate surface area is 125 Å². The molecule has 0 saturated carbocycles. The van der Waals surface area contributed by atoms with Crippen molar-refractivity contribution >= 4 is 11.3 Å². The highest BCUT2D eigenvalue weighted by Crippen LogP contribution is 2.23. The smallest absolute Gasteiger partial charge is 0.126 e. The first-order valence-electron chi connectivity index (χ1n) is 7.24. The van der Waals surface area contributed by atoms with Crippen molar-refractivity contribution in [1.82, 2.24) is 5.32 Å². The van der Waals surface area contributed by atoms with Gasteiger partial charge in [0.05, 0.1) is 6.61 Å². The first kappa shape index (κ1) is 15.1. The third-order valence-electron chi connectivity index (χ3n) is 3.25. The molecular weight excluding hydrogens is 266 g/mol. The van der Waals surface area contributed by atoms with Crippen molar-refractivity contribution in [3.63, 3.8) is 0 Å². The predicted octanol–water partition coefficient (Wildman–Crippen LogP) is 4.18. The second-order valence-corrected chi connectivity index (χ2v) is 5.75. The minimum Gasteiger partial charge on any atom is -0.493 e. The normalized spacial score (nSPS) is 10.7. The van der Waals surface area contributed by atoms with Crippen LogP contribution < -0.4 is 10.1 Å². The lowest BCUT2D eigenvalue weighted by Gasteiger charge is -2.14. The maximum atomic E-state index is 6.04. The number of nitrogens with one attached hydrogen (secondary N) is 1. The summed E-state index contributed by atoms with van der Waals surface area (Å²) in [4.78, 5) is 0. The van der Waals surface area contributed by atoms with Crippen molar-refractivity contribution in [2.24, 2.45) is 0 Å². The third kappa shape index (κ3) is 4.36. The SMILES string of the molecule is CCCNCc1cccc(C)c1OCCc1ccsc1. The Balaban J connectivity index is 1.94. The van der Waals surface area contributed by atoms with Crippen LogP contribution in [0.2, 0.25) is 0 Å². The van der Waals surface area contributed by atoms with Crippen molar-refractivity contribution in [2.75, 3.05) is 13.2 Å². The second-order valence-electron chi connectivity index (χ2n) is 4.97. The van der Waals surface area contributed by atoms with E-state index in [1.54, 1.807) is 11.3 Å². The maximum absolute atomic E-state index is 6.04. The van der Waals surface area contributed by atoms with E-state index < -0.39 is 0 Å². The standard InChI is InChI=1S/C17H23NOS/c1-3-9-18-12-16-6-4-5-14(2)17(16)19-10-7-15-8-11-20-13-15/h4-6,8,11,13,18H,3,7,9-10,12H2,1-2H3. The Morgan fingerprint density at radius 1 is 1.25 bits per heavy atom. The van der Waals surface area contributed by atoms with Gasteiger partial charge in [-0.25, -0.2) is 0 Å². The molecule has 0 atom stereocenters. The number of hydrogen-bond donors (Lipinski definition) is 1. The zero-order chi connectivity index (χ0) is 14.2. The fourth-order valence-electron chi connectivity index (χ4n) is 2.16. The van der Waals surface area contributed by atoms with Crippen LogP contribution in [0, 0.1) is 6.92 Å². The van der Waals surface area contributed by atoms with Crippen LogP contribution in [0.15, 0.2) is 35.0 Å². The van der Waals surface area contributed by atoms with E-state index in [9.17, 15) is 0 Å². The molecule has 1 heterocycles. The highest BCUT2D eigenvalue weighted by atomic mass is 32.1. The number of thiophene rings is 1. The van der Waals surface area contributed by atoms with Gasteiger partial charge in [-0.15, -0.1) is 0 Å². The van der Waals surface area contributed by atoms with Crippen LogP contribution in [0.1, 0.15) is 30.0 Å². The zero-order valence-corrected chi connectivity index (χ0v) is 13.1. The maximum Gasteiger partial charge on any atom is 0.126 e. The molecule has 0 spiro atoms. The fraction of sp³-hybridized carbons (Fsp3) is 0.412. The number of para-hydroxylation sites is 1. The Bertz CT molecular complexity index is 508. The molecule has 1 aromatic carbocycles. The van der Waals surface area contributed by atoms with Gasteiger partial charge in [-0.1, -0.05) is 25.1 Å². The molecular formula is C17H23NOS. The molecule has 0 bridgehead atoms. The van der Waals surface area contributed by atoms with E-state index in [2.05, 4.69) is 54.2 Å². The van der Waals surface area contributed by atoms with E-state index in [1.165, 1.54) is 16.7 Å². The van der Waals surface area contributed by atoms with Crippen molar-refractivity contribution in [2.45, 2.75) is 33.2 Å². The third-order valence-corrected chi connectivity index (χ3v) is 3.98. The summed E-state index contributed by atoms with van der Waals surface area (Å²) >= 11 is 1.74. The van der Waals surface area contributed by atoms with Gasteiger partial charge in [-0.3, -0.25) is 0 Å². The molecule has 2 nitrogen and oxygen atoms in total. The molecule has 20 heavy (non-hydrogen) atoms. The zero-order valence-electron chi connectivity index (χ0n) is 12.3. The van der Waals surface area contributed by atoms with Crippen LogP contribution in [-0.4, -0.2) is 13.2 Å². The van der Waals surface area contributed by atoms with Crippen LogP contribution in [-0.2, 0) is 13.0 Å². The first-order chi connectivity index (χ1) is 9.81. The highest BCUT2D eigenvalue weighted by Gasteiger charge is 2.06. The summed E-state index contributed by atoms with van der Waals surface area (Å²) in [5, 5.41) is 7.74. The minimum absolute atomic E-state index is 0.738. The number of benzene rings is 1. The van der Waals surface area contributed by atoms with Crippen molar-refractivity contribution in [1.29, 1.82) is 0 Å². The van der Waals surface area contributed by atoms with Gasteiger partial charge in [0.25, 0.3) is 0 Å². The Hall–Kier alpha value is -1.32. The van der Waals surface area contributed by atoms with E-state index in [4.69, 9.17) is 4.74 Å². The highest BCUT2D eigenvalue weighted by molar-refractivity contribution is 7.07. The van der Waals surface area contributed by atoms with Crippen LogP contribution in [0.25, 0.3) is 0 Å². The molecule has 0 aliphatic carbocycles. The van der Waals surface area contributed by atoms with E-state index in [0.29, 0.717) is 0 Å². The van der Waals surface area contributed by atoms with Gasteiger partial charge in [0.2, 0.25) is 0 Å². The van der Waals surface area contributed by atoms with Gasteiger partial charge in [-0.2, -0.15) is 11.3 Å². The largest absolute Gasteiger partial charge is 0.493 e. The summed E-state index contributed by atoms with van der Waals surface area (Å²) in [5.74, 6) is 1.05. The summed E-state index contributed by atoms with van der Waals surface area (Å²) < 4.78 is 6.04. The van der Waals surface area contributed by atoms with Gasteiger partial charge in [0.1, 0.15) is 5.75 Å². The van der Waals surface area contributed by atoms with E-state index in [-0.39, 0.29) is 0 Å². The van der Waals surface area contributed by atoms with Gasteiger partial charge in [0, 0.05) is 18.5 Å². The van der Waals surface area contributed by atoms with E-state index in [1.807, 2.05) is 0 Å². The average molecular weight is 289 g/mol. The van der Waals surface area contributed by atoms with Crippen LogP contribution in [0.3, 0.4) is 0 Å².